The van der Waals surface area contributed by atoms with Gasteiger partial charge in [-0.15, -0.1) is 0 Å². The van der Waals surface area contributed by atoms with Gasteiger partial charge in [0.05, 0.1) is 0 Å². The van der Waals surface area contributed by atoms with Gasteiger partial charge >= 0.3 is 23.0 Å². The number of halogens is 8. The van der Waals surface area contributed by atoms with Gasteiger partial charge < -0.3 is 22.0 Å². The summed E-state index contributed by atoms with van der Waals surface area (Å²) in [7, 11) is -0.171. The second kappa shape index (κ2) is 22.4. The summed E-state index contributed by atoms with van der Waals surface area (Å²) in [6.07, 6.45) is -8.92. The van der Waals surface area contributed by atoms with Crippen molar-refractivity contribution in [1.29, 1.82) is 0 Å². The topological polar surface area (TPSA) is 0 Å². The van der Waals surface area contributed by atoms with Crippen LogP contribution in [0.15, 0.2) is 121 Å². The molecule has 0 aliphatic heterocycles. The third-order valence-electron chi connectivity index (χ3n) is 4.00. The summed E-state index contributed by atoms with van der Waals surface area (Å²) in [5, 5.41) is 2.88. The molecule has 0 radical (unpaired) electrons. The Hall–Kier alpha value is -2.61. The largest absolute Gasteiger partial charge is 3.00 e. The average molecular weight is 604 g/mol. The molecule has 0 saturated heterocycles. The van der Waals surface area contributed by atoms with Crippen molar-refractivity contribution in [2.75, 3.05) is 6.66 Å². The standard InChI is InChI=1S/C13H13P.C7H8.C5H5.C2F5.CF3.Co/c1-14(12-8-4-2-5-9-12)13-10-6-3-7-11-13;1-7-5-3-2-4-6-7;1-2-4-5-3-1;3-1(4)2(5,6)7;2-1(3)4;/h2-11H,1H3;2-6H,1H3;1-5H;;;/q;;3*-1;+3. The summed E-state index contributed by atoms with van der Waals surface area (Å²) in [6.45, 7) is 1.31. The molecule has 4 aromatic rings. The number of hydrogen-bond acceptors (Lipinski definition) is 0. The minimum atomic E-state index is -5.42. The van der Waals surface area contributed by atoms with Gasteiger partial charge in [0, 0.05) is 0 Å². The molecule has 0 fully saturated rings. The Morgan fingerprint density at radius 2 is 0.895 bits per heavy atom. The normalized spacial score (nSPS) is 9.82. The van der Waals surface area contributed by atoms with Crippen LogP contribution in [0.25, 0.3) is 0 Å². The Balaban J connectivity index is 0. The van der Waals surface area contributed by atoms with Gasteiger partial charge in [-0.05, 0) is 32.1 Å². The van der Waals surface area contributed by atoms with Crippen LogP contribution in [0.3, 0.4) is 0 Å². The molecule has 0 amide bonds. The maximum absolute atomic E-state index is 10.4. The second-order valence-electron chi connectivity index (χ2n) is 6.82. The summed E-state index contributed by atoms with van der Waals surface area (Å²) in [6, 6.07) is 41.7. The van der Waals surface area contributed by atoms with E-state index in [1.807, 2.05) is 48.5 Å². The van der Waals surface area contributed by atoms with Crippen LogP contribution in [0, 0.1) is 20.0 Å². The van der Waals surface area contributed by atoms with Crippen molar-refractivity contribution in [3.05, 3.63) is 140 Å². The van der Waals surface area contributed by atoms with E-state index in [1.54, 1.807) is 0 Å². The molecule has 0 N–H and O–H groups in total. The van der Waals surface area contributed by atoms with Crippen LogP contribution in [0.2, 0.25) is 0 Å². The zero-order valence-corrected chi connectivity index (χ0v) is 22.3. The summed E-state index contributed by atoms with van der Waals surface area (Å²) < 4.78 is 80.6. The Labute approximate surface area is 230 Å². The quantitative estimate of drug-likeness (QED) is 0.122. The number of rotatable bonds is 2. The first-order valence-corrected chi connectivity index (χ1v) is 12.3. The molecule has 0 bridgehead atoms. The smallest absolute Gasteiger partial charge is 0.412 e. The molecule has 0 spiro atoms. The monoisotopic (exact) mass is 604 g/mol. The molecule has 0 aliphatic carbocycles. The predicted molar refractivity (Wildman–Crippen MR) is 136 cm³/mol. The van der Waals surface area contributed by atoms with E-state index in [9.17, 15) is 35.1 Å². The Kier molecular flexibility index (Phi) is 22.1. The van der Waals surface area contributed by atoms with Crippen LogP contribution >= 0.6 is 7.92 Å². The van der Waals surface area contributed by atoms with Crippen LogP contribution in [-0.2, 0) is 16.8 Å². The van der Waals surface area contributed by atoms with Crippen molar-refractivity contribution < 1.29 is 51.9 Å². The Morgan fingerprint density at radius 1 is 0.605 bits per heavy atom. The van der Waals surface area contributed by atoms with Gasteiger partial charge in [-0.25, -0.2) is 25.3 Å². The molecule has 208 valence electrons. The molecule has 0 nitrogen and oxygen atoms in total. The number of benzene rings is 3. The fourth-order valence-electron chi connectivity index (χ4n) is 2.31. The van der Waals surface area contributed by atoms with Gasteiger partial charge in [-0.3, -0.25) is 0 Å². The molecule has 0 heterocycles. The van der Waals surface area contributed by atoms with Crippen LogP contribution in [0.4, 0.5) is 35.1 Å². The maximum Gasteiger partial charge on any atom is 3.00 e. The SMILES string of the molecule is CP(c1ccccc1)c1ccccc1.Cc1ccccc1.F[C-](F)C(F)(F)F.F[C-](F)F.[Co+3].c1cc[cH-]c1. The zero-order valence-electron chi connectivity index (χ0n) is 20.4. The average Bonchev–Trinajstić information content (AvgIpc) is 3.46. The zero-order chi connectivity index (χ0) is 28.1. The maximum atomic E-state index is 10.4. The number of alkyl halides is 3. The van der Waals surface area contributed by atoms with Crippen molar-refractivity contribution in [3.63, 3.8) is 0 Å². The fourth-order valence-corrected chi connectivity index (χ4v) is 3.84. The third-order valence-corrected chi connectivity index (χ3v) is 6.14. The number of aryl methyl sites for hydroxylation is 1. The van der Waals surface area contributed by atoms with E-state index in [4.69, 9.17) is 0 Å². The van der Waals surface area contributed by atoms with Crippen LogP contribution in [0.1, 0.15) is 5.56 Å². The van der Waals surface area contributed by atoms with E-state index in [0.717, 1.165) is 0 Å². The van der Waals surface area contributed by atoms with E-state index in [2.05, 4.69) is 86.4 Å². The molecule has 4 aromatic carbocycles. The summed E-state index contributed by atoms with van der Waals surface area (Å²) in [4.78, 5) is 0. The van der Waals surface area contributed by atoms with Crippen LogP contribution < -0.4 is 10.6 Å². The summed E-state index contributed by atoms with van der Waals surface area (Å²) in [5.74, 6) is 0. The van der Waals surface area contributed by atoms with E-state index in [-0.39, 0.29) is 24.7 Å². The first kappa shape index (κ1) is 37.5. The molecule has 0 unspecified atom stereocenters. The summed E-state index contributed by atoms with van der Waals surface area (Å²) >= 11 is 0. The van der Waals surface area contributed by atoms with Gasteiger partial charge in [0.2, 0.25) is 0 Å². The minimum absolute atomic E-state index is 0. The van der Waals surface area contributed by atoms with Gasteiger partial charge in [0.15, 0.2) is 6.68 Å². The van der Waals surface area contributed by atoms with E-state index in [1.165, 1.54) is 16.2 Å². The summed E-state index contributed by atoms with van der Waals surface area (Å²) in [5.41, 5.74) is 1.32. The third kappa shape index (κ3) is 21.5. The first-order chi connectivity index (χ1) is 17.4. The molecule has 38 heavy (non-hydrogen) atoms. The number of hydrogen-bond donors (Lipinski definition) is 0. The first-order valence-electron chi connectivity index (χ1n) is 10.6. The van der Waals surface area contributed by atoms with E-state index < -0.39 is 19.3 Å². The Bertz CT molecular complexity index is 938. The van der Waals surface area contributed by atoms with Gasteiger partial charge in [-0.2, -0.15) is 18.2 Å². The predicted octanol–water partition coefficient (Wildman–Crippen LogP) is 9.47. The van der Waals surface area contributed by atoms with Crippen molar-refractivity contribution in [3.8, 4) is 0 Å². The van der Waals surface area contributed by atoms with Crippen molar-refractivity contribution in [1.82, 2.24) is 0 Å². The van der Waals surface area contributed by atoms with Crippen molar-refractivity contribution in [2.24, 2.45) is 0 Å². The molecule has 4 rings (SSSR count). The van der Waals surface area contributed by atoms with Crippen molar-refractivity contribution >= 4 is 18.5 Å². The van der Waals surface area contributed by atoms with Gasteiger partial charge in [-0.1, -0.05) is 96.6 Å². The van der Waals surface area contributed by atoms with E-state index >= 15 is 0 Å². The van der Waals surface area contributed by atoms with Gasteiger partial charge in [0.1, 0.15) is 6.43 Å². The Morgan fingerprint density at radius 3 is 1.08 bits per heavy atom. The van der Waals surface area contributed by atoms with Crippen LogP contribution in [-0.4, -0.2) is 12.8 Å². The molecular formula is C28H26CoF8P. The molecule has 0 atom stereocenters. The fraction of sp³-hybridized carbons (Fsp3) is 0.107. The second-order valence-corrected chi connectivity index (χ2v) is 8.97. The molecule has 0 aromatic heterocycles. The van der Waals surface area contributed by atoms with Crippen LogP contribution in [0.5, 0.6) is 0 Å². The molecule has 0 aliphatic rings. The van der Waals surface area contributed by atoms with Gasteiger partial charge in [0.25, 0.3) is 0 Å². The minimum Gasteiger partial charge on any atom is -0.412 e. The molecule has 10 heteroatoms. The molecule has 0 saturated carbocycles. The molecular weight excluding hydrogens is 578 g/mol. The van der Waals surface area contributed by atoms with Crippen molar-refractivity contribution in [2.45, 2.75) is 13.1 Å². The van der Waals surface area contributed by atoms with E-state index in [0.29, 0.717) is 0 Å².